The van der Waals surface area contributed by atoms with Gasteiger partial charge in [-0.1, -0.05) is 54.6 Å². The van der Waals surface area contributed by atoms with E-state index in [0.717, 1.165) is 34.0 Å². The summed E-state index contributed by atoms with van der Waals surface area (Å²) >= 11 is 0. The van der Waals surface area contributed by atoms with Crippen LogP contribution in [0.4, 0.5) is 5.82 Å². The maximum absolute atomic E-state index is 4.67. The standard InChI is InChI=1S/C21H19N5/c1-15-7-5-6-10-18(15)20-13-22-14-21(24-20)23-12-17-11-19(26-25-17)16-8-3-2-4-9-16/h2-11,13-14H,12H2,1H3,(H,23,24)(H,25,26). The first-order valence-corrected chi connectivity index (χ1v) is 8.51. The van der Waals surface area contributed by atoms with Gasteiger partial charge in [-0.3, -0.25) is 10.1 Å². The molecule has 2 aromatic carbocycles. The van der Waals surface area contributed by atoms with Gasteiger partial charge in [-0.15, -0.1) is 0 Å². The van der Waals surface area contributed by atoms with Crippen LogP contribution < -0.4 is 5.32 Å². The molecule has 0 fully saturated rings. The third-order valence-corrected chi connectivity index (χ3v) is 4.22. The van der Waals surface area contributed by atoms with Gasteiger partial charge in [0.2, 0.25) is 0 Å². The number of H-pyrrole nitrogens is 1. The molecule has 0 aliphatic rings. The highest BCUT2D eigenvalue weighted by Crippen LogP contribution is 2.22. The van der Waals surface area contributed by atoms with Gasteiger partial charge < -0.3 is 5.32 Å². The zero-order chi connectivity index (χ0) is 17.8. The predicted octanol–water partition coefficient (Wildman–Crippen LogP) is 4.45. The lowest BCUT2D eigenvalue weighted by Crippen LogP contribution is -2.03. The summed E-state index contributed by atoms with van der Waals surface area (Å²) in [5.74, 6) is 0.731. The molecule has 2 N–H and O–H groups in total. The van der Waals surface area contributed by atoms with Crippen molar-refractivity contribution in [1.29, 1.82) is 0 Å². The number of aromatic amines is 1. The molecule has 0 unspecified atom stereocenters. The lowest BCUT2D eigenvalue weighted by Gasteiger charge is -2.07. The molecule has 0 amide bonds. The van der Waals surface area contributed by atoms with E-state index in [-0.39, 0.29) is 0 Å². The van der Waals surface area contributed by atoms with Gasteiger partial charge in [0, 0.05) is 5.56 Å². The second-order valence-corrected chi connectivity index (χ2v) is 6.10. The topological polar surface area (TPSA) is 66.5 Å². The first kappa shape index (κ1) is 16.0. The summed E-state index contributed by atoms with van der Waals surface area (Å²) in [5, 5.41) is 10.7. The van der Waals surface area contributed by atoms with Gasteiger partial charge in [-0.05, 0) is 24.1 Å². The number of benzene rings is 2. The molecule has 0 aliphatic heterocycles. The Balaban J connectivity index is 1.48. The normalized spacial score (nSPS) is 10.7. The Hall–Kier alpha value is -3.47. The molecule has 5 nitrogen and oxygen atoms in total. The summed E-state index contributed by atoms with van der Waals surface area (Å²) in [7, 11) is 0. The highest BCUT2D eigenvalue weighted by molar-refractivity contribution is 5.64. The maximum Gasteiger partial charge on any atom is 0.145 e. The quantitative estimate of drug-likeness (QED) is 0.563. The Morgan fingerprint density at radius 1 is 0.962 bits per heavy atom. The summed E-state index contributed by atoms with van der Waals surface area (Å²) in [4.78, 5) is 8.99. The predicted molar refractivity (Wildman–Crippen MR) is 104 cm³/mol. The van der Waals surface area contributed by atoms with Crippen LogP contribution in [0.3, 0.4) is 0 Å². The Labute approximate surface area is 152 Å². The van der Waals surface area contributed by atoms with Crippen molar-refractivity contribution in [1.82, 2.24) is 20.2 Å². The van der Waals surface area contributed by atoms with Gasteiger partial charge in [0.05, 0.1) is 36.0 Å². The molecule has 2 aromatic heterocycles. The van der Waals surface area contributed by atoms with Gasteiger partial charge in [0.15, 0.2) is 0 Å². The minimum Gasteiger partial charge on any atom is -0.363 e. The average molecular weight is 341 g/mol. The molecule has 2 heterocycles. The minimum absolute atomic E-state index is 0.579. The van der Waals surface area contributed by atoms with Crippen molar-refractivity contribution in [3.63, 3.8) is 0 Å². The van der Waals surface area contributed by atoms with Gasteiger partial charge in [-0.2, -0.15) is 5.10 Å². The molecule has 0 aliphatic carbocycles. The van der Waals surface area contributed by atoms with E-state index in [2.05, 4.69) is 56.7 Å². The molecule has 4 aromatic rings. The smallest absolute Gasteiger partial charge is 0.145 e. The summed E-state index contributed by atoms with van der Waals surface area (Å²) in [5.41, 5.74) is 6.18. The summed E-state index contributed by atoms with van der Waals surface area (Å²) in [6.07, 6.45) is 3.52. The molecule has 26 heavy (non-hydrogen) atoms. The first-order valence-electron chi connectivity index (χ1n) is 8.51. The van der Waals surface area contributed by atoms with Crippen molar-refractivity contribution in [3.05, 3.63) is 84.3 Å². The number of aryl methyl sites for hydroxylation is 1. The molecule has 0 saturated carbocycles. The van der Waals surface area contributed by atoms with Gasteiger partial charge in [-0.25, -0.2) is 4.98 Å². The highest BCUT2D eigenvalue weighted by atomic mass is 15.1. The number of nitrogens with one attached hydrogen (secondary N) is 2. The molecule has 5 heteroatoms. The molecular formula is C21H19N5. The molecule has 128 valence electrons. The molecule has 0 atom stereocenters. The monoisotopic (exact) mass is 341 g/mol. The molecule has 4 rings (SSSR count). The van der Waals surface area contributed by atoms with Crippen molar-refractivity contribution >= 4 is 5.82 Å². The van der Waals surface area contributed by atoms with Crippen LogP contribution in [0.2, 0.25) is 0 Å². The Kier molecular flexibility index (Phi) is 4.43. The number of nitrogens with zero attached hydrogens (tertiary/aromatic N) is 3. The second kappa shape index (κ2) is 7.19. The van der Waals surface area contributed by atoms with E-state index < -0.39 is 0 Å². The fraction of sp³-hybridized carbons (Fsp3) is 0.0952. The number of anilines is 1. The third-order valence-electron chi connectivity index (χ3n) is 4.22. The fourth-order valence-electron chi connectivity index (χ4n) is 2.84. The summed E-state index contributed by atoms with van der Waals surface area (Å²) in [6.45, 7) is 2.65. The van der Waals surface area contributed by atoms with Crippen molar-refractivity contribution in [2.45, 2.75) is 13.5 Å². The van der Waals surface area contributed by atoms with E-state index in [1.165, 1.54) is 5.56 Å². The minimum atomic E-state index is 0.579. The first-order chi connectivity index (χ1) is 12.8. The van der Waals surface area contributed by atoms with Crippen LogP contribution in [0.25, 0.3) is 22.5 Å². The van der Waals surface area contributed by atoms with Gasteiger partial charge in [0.1, 0.15) is 5.82 Å². The Morgan fingerprint density at radius 3 is 2.62 bits per heavy atom. The van der Waals surface area contributed by atoms with Crippen LogP contribution in [0.5, 0.6) is 0 Å². The fourth-order valence-corrected chi connectivity index (χ4v) is 2.84. The molecule has 0 radical (unpaired) electrons. The largest absolute Gasteiger partial charge is 0.363 e. The van der Waals surface area contributed by atoms with Crippen molar-refractivity contribution in [2.24, 2.45) is 0 Å². The Morgan fingerprint density at radius 2 is 1.77 bits per heavy atom. The number of rotatable bonds is 5. The molecule has 0 saturated heterocycles. The van der Waals surface area contributed by atoms with E-state index in [4.69, 9.17) is 0 Å². The lowest BCUT2D eigenvalue weighted by atomic mass is 10.1. The van der Waals surface area contributed by atoms with Crippen LogP contribution >= 0.6 is 0 Å². The van der Waals surface area contributed by atoms with Crippen molar-refractivity contribution in [2.75, 3.05) is 5.32 Å². The zero-order valence-corrected chi connectivity index (χ0v) is 14.5. The lowest BCUT2D eigenvalue weighted by molar-refractivity contribution is 0.973. The zero-order valence-electron chi connectivity index (χ0n) is 14.5. The number of hydrogen-bond acceptors (Lipinski definition) is 4. The third kappa shape index (κ3) is 3.47. The van der Waals surface area contributed by atoms with Crippen molar-refractivity contribution in [3.8, 4) is 22.5 Å². The van der Waals surface area contributed by atoms with Crippen molar-refractivity contribution < 1.29 is 0 Å². The number of hydrogen-bond donors (Lipinski definition) is 2. The van der Waals surface area contributed by atoms with Crippen LogP contribution in [-0.4, -0.2) is 20.2 Å². The average Bonchev–Trinajstić information content (AvgIpc) is 3.17. The molecule has 0 spiro atoms. The van der Waals surface area contributed by atoms with Crippen LogP contribution in [-0.2, 0) is 6.54 Å². The van der Waals surface area contributed by atoms with Crippen LogP contribution in [0.1, 0.15) is 11.3 Å². The van der Waals surface area contributed by atoms with E-state index in [1.54, 1.807) is 12.4 Å². The van der Waals surface area contributed by atoms with E-state index >= 15 is 0 Å². The van der Waals surface area contributed by atoms with E-state index in [1.807, 2.05) is 36.4 Å². The van der Waals surface area contributed by atoms with E-state index in [9.17, 15) is 0 Å². The maximum atomic E-state index is 4.67. The SMILES string of the molecule is Cc1ccccc1-c1cncc(NCc2cc(-c3ccccc3)[nH]n2)n1. The van der Waals surface area contributed by atoms with Crippen LogP contribution in [0.15, 0.2) is 73.1 Å². The van der Waals surface area contributed by atoms with Gasteiger partial charge >= 0.3 is 0 Å². The number of aromatic nitrogens is 4. The Bertz CT molecular complexity index is 1010. The summed E-state index contributed by atoms with van der Waals surface area (Å²) < 4.78 is 0. The van der Waals surface area contributed by atoms with Gasteiger partial charge in [0.25, 0.3) is 0 Å². The molecule has 0 bridgehead atoms. The second-order valence-electron chi connectivity index (χ2n) is 6.10. The van der Waals surface area contributed by atoms with E-state index in [0.29, 0.717) is 6.54 Å². The highest BCUT2D eigenvalue weighted by Gasteiger charge is 2.06. The summed E-state index contributed by atoms with van der Waals surface area (Å²) in [6, 6.07) is 20.4. The molecular weight excluding hydrogens is 322 g/mol. The van der Waals surface area contributed by atoms with Crippen LogP contribution in [0, 0.1) is 6.92 Å².